The highest BCUT2D eigenvalue weighted by molar-refractivity contribution is 9.11. The second-order valence-corrected chi connectivity index (χ2v) is 7.75. The Kier molecular flexibility index (Phi) is 5.21. The molecule has 0 atom stereocenters. The van der Waals surface area contributed by atoms with E-state index in [1.807, 2.05) is 6.07 Å². The Hall–Kier alpha value is -0.880. The molecule has 1 aromatic heterocycles. The zero-order valence-electron chi connectivity index (χ0n) is 11.2. The van der Waals surface area contributed by atoms with Crippen LogP contribution in [0.4, 0.5) is 0 Å². The third kappa shape index (κ3) is 3.61. The molecule has 1 heterocycles. The number of carboxylic acids is 1. The summed E-state index contributed by atoms with van der Waals surface area (Å²) >= 11 is 4.67. The van der Waals surface area contributed by atoms with Crippen molar-refractivity contribution in [2.24, 2.45) is 5.41 Å². The molecule has 20 heavy (non-hydrogen) atoms. The summed E-state index contributed by atoms with van der Waals surface area (Å²) < 4.78 is 0.894. The fraction of sp³-hybridized carbons (Fsp3) is 0.571. The first kappa shape index (κ1) is 15.5. The lowest BCUT2D eigenvalue weighted by atomic mass is 9.80. The van der Waals surface area contributed by atoms with Crippen molar-refractivity contribution in [1.82, 2.24) is 5.32 Å². The summed E-state index contributed by atoms with van der Waals surface area (Å²) in [5, 5.41) is 12.3. The number of thiophene rings is 1. The second kappa shape index (κ2) is 6.72. The van der Waals surface area contributed by atoms with Crippen LogP contribution in [0, 0.1) is 5.41 Å². The van der Waals surface area contributed by atoms with E-state index in [2.05, 4.69) is 21.2 Å². The van der Waals surface area contributed by atoms with Crippen LogP contribution in [-0.2, 0) is 4.79 Å². The molecule has 4 nitrogen and oxygen atoms in total. The van der Waals surface area contributed by atoms with Crippen molar-refractivity contribution in [3.8, 4) is 0 Å². The number of rotatable bonds is 4. The molecule has 2 rings (SSSR count). The Morgan fingerprint density at radius 2 is 1.90 bits per heavy atom. The molecule has 0 saturated heterocycles. The number of aliphatic carboxylic acids is 1. The van der Waals surface area contributed by atoms with Gasteiger partial charge in [-0.15, -0.1) is 11.3 Å². The minimum atomic E-state index is -0.791. The molecule has 1 aliphatic carbocycles. The third-order valence-corrected chi connectivity index (χ3v) is 5.52. The highest BCUT2D eigenvalue weighted by Crippen LogP contribution is 2.35. The van der Waals surface area contributed by atoms with Gasteiger partial charge in [-0.3, -0.25) is 9.59 Å². The summed E-state index contributed by atoms with van der Waals surface area (Å²) in [6.45, 7) is 0.219. The van der Waals surface area contributed by atoms with Crippen molar-refractivity contribution in [3.05, 3.63) is 20.8 Å². The SMILES string of the molecule is O=C(NCC1(C(=O)O)CCCCCC1)c1ccc(Br)s1. The maximum absolute atomic E-state index is 12.0. The van der Waals surface area contributed by atoms with E-state index < -0.39 is 11.4 Å². The van der Waals surface area contributed by atoms with Crippen LogP contribution >= 0.6 is 27.3 Å². The number of hydrogen-bond acceptors (Lipinski definition) is 3. The van der Waals surface area contributed by atoms with Crippen LogP contribution < -0.4 is 5.32 Å². The molecule has 6 heteroatoms. The number of carbonyl (C=O) groups is 2. The van der Waals surface area contributed by atoms with Gasteiger partial charge in [0, 0.05) is 6.54 Å². The number of carbonyl (C=O) groups excluding carboxylic acids is 1. The first-order valence-corrected chi connectivity index (χ1v) is 8.41. The van der Waals surface area contributed by atoms with Crippen LogP contribution in [0.3, 0.4) is 0 Å². The van der Waals surface area contributed by atoms with Crippen molar-refractivity contribution in [2.45, 2.75) is 38.5 Å². The lowest BCUT2D eigenvalue weighted by Crippen LogP contribution is -2.42. The van der Waals surface area contributed by atoms with Gasteiger partial charge < -0.3 is 10.4 Å². The van der Waals surface area contributed by atoms with E-state index in [4.69, 9.17) is 0 Å². The molecule has 110 valence electrons. The zero-order valence-corrected chi connectivity index (χ0v) is 13.6. The van der Waals surface area contributed by atoms with Crippen molar-refractivity contribution in [1.29, 1.82) is 0 Å². The van der Waals surface area contributed by atoms with Crippen LogP contribution in [0.1, 0.15) is 48.2 Å². The number of amides is 1. The second-order valence-electron chi connectivity index (χ2n) is 5.29. The smallest absolute Gasteiger partial charge is 0.311 e. The fourth-order valence-electron chi connectivity index (χ4n) is 2.64. The molecule has 2 N–H and O–H groups in total. The highest BCUT2D eigenvalue weighted by Gasteiger charge is 2.38. The van der Waals surface area contributed by atoms with E-state index in [0.29, 0.717) is 17.7 Å². The van der Waals surface area contributed by atoms with Crippen LogP contribution in [0.2, 0.25) is 0 Å². The van der Waals surface area contributed by atoms with Crippen molar-refractivity contribution in [3.63, 3.8) is 0 Å². The number of nitrogens with one attached hydrogen (secondary N) is 1. The van der Waals surface area contributed by atoms with Crippen LogP contribution in [0.15, 0.2) is 15.9 Å². The Bertz CT molecular complexity index is 492. The van der Waals surface area contributed by atoms with Crippen molar-refractivity contribution < 1.29 is 14.7 Å². The minimum Gasteiger partial charge on any atom is -0.481 e. The van der Waals surface area contributed by atoms with E-state index in [0.717, 1.165) is 29.5 Å². The van der Waals surface area contributed by atoms with E-state index >= 15 is 0 Å². The molecule has 1 aliphatic rings. The van der Waals surface area contributed by atoms with Gasteiger partial charge in [-0.05, 0) is 40.9 Å². The quantitative estimate of drug-likeness (QED) is 0.806. The summed E-state index contributed by atoms with van der Waals surface area (Å²) in [7, 11) is 0. The van der Waals surface area contributed by atoms with E-state index in [1.54, 1.807) is 6.07 Å². The average molecular weight is 360 g/mol. The largest absolute Gasteiger partial charge is 0.481 e. The average Bonchev–Trinajstić information content (AvgIpc) is 2.71. The molecule has 1 amide bonds. The summed E-state index contributed by atoms with van der Waals surface area (Å²) in [5.74, 6) is -0.974. The van der Waals surface area contributed by atoms with Crippen LogP contribution in [0.25, 0.3) is 0 Å². The van der Waals surface area contributed by atoms with Gasteiger partial charge in [-0.25, -0.2) is 0 Å². The molecule has 0 spiro atoms. The first-order chi connectivity index (χ1) is 9.53. The molecular weight excluding hydrogens is 342 g/mol. The molecule has 1 saturated carbocycles. The molecule has 0 radical (unpaired) electrons. The Morgan fingerprint density at radius 3 is 2.40 bits per heavy atom. The predicted octanol–water partition coefficient (Wildman–Crippen LogP) is 3.67. The standard InChI is InChI=1S/C14H18BrNO3S/c15-11-6-5-10(20-11)12(17)16-9-14(13(18)19)7-3-1-2-4-8-14/h5-6H,1-4,7-9H2,(H,16,17)(H,18,19). The molecule has 0 aromatic carbocycles. The van der Waals surface area contributed by atoms with Crippen molar-refractivity contribution in [2.75, 3.05) is 6.54 Å². The molecular formula is C14H18BrNO3S. The molecule has 1 aromatic rings. The summed E-state index contributed by atoms with van der Waals surface area (Å²) in [6.07, 6.45) is 5.31. The third-order valence-electron chi connectivity index (χ3n) is 3.90. The normalized spacial score (nSPS) is 18.2. The molecule has 0 unspecified atom stereocenters. The zero-order chi connectivity index (χ0) is 14.6. The van der Waals surface area contributed by atoms with Crippen LogP contribution in [-0.4, -0.2) is 23.5 Å². The Morgan fingerprint density at radius 1 is 1.25 bits per heavy atom. The summed E-state index contributed by atoms with van der Waals surface area (Å²) in [6, 6.07) is 3.56. The van der Waals surface area contributed by atoms with Gasteiger partial charge in [0.15, 0.2) is 0 Å². The maximum atomic E-state index is 12.0. The van der Waals surface area contributed by atoms with Gasteiger partial charge in [-0.1, -0.05) is 25.7 Å². The highest BCUT2D eigenvalue weighted by atomic mass is 79.9. The summed E-state index contributed by atoms with van der Waals surface area (Å²) in [5.41, 5.74) is -0.791. The van der Waals surface area contributed by atoms with Gasteiger partial charge >= 0.3 is 5.97 Å². The first-order valence-electron chi connectivity index (χ1n) is 6.80. The lowest BCUT2D eigenvalue weighted by molar-refractivity contribution is -0.149. The minimum absolute atomic E-state index is 0.189. The van der Waals surface area contributed by atoms with Crippen molar-refractivity contribution >= 4 is 39.1 Å². The maximum Gasteiger partial charge on any atom is 0.311 e. The Labute approximate surface area is 130 Å². The van der Waals surface area contributed by atoms with Gasteiger partial charge in [0.25, 0.3) is 5.91 Å². The van der Waals surface area contributed by atoms with Gasteiger partial charge in [-0.2, -0.15) is 0 Å². The Balaban J connectivity index is 2.01. The van der Waals surface area contributed by atoms with E-state index in [1.165, 1.54) is 11.3 Å². The number of halogens is 1. The topological polar surface area (TPSA) is 66.4 Å². The van der Waals surface area contributed by atoms with Gasteiger partial charge in [0.1, 0.15) is 0 Å². The fourth-order valence-corrected chi connectivity index (χ4v) is 3.95. The van der Waals surface area contributed by atoms with E-state index in [9.17, 15) is 14.7 Å². The molecule has 0 bridgehead atoms. The monoisotopic (exact) mass is 359 g/mol. The predicted molar refractivity (Wildman–Crippen MR) is 82.1 cm³/mol. The molecule has 1 fully saturated rings. The summed E-state index contributed by atoms with van der Waals surface area (Å²) in [4.78, 5) is 24.3. The molecule has 0 aliphatic heterocycles. The van der Waals surface area contributed by atoms with E-state index in [-0.39, 0.29) is 12.5 Å². The van der Waals surface area contributed by atoms with Gasteiger partial charge in [0.05, 0.1) is 14.1 Å². The van der Waals surface area contributed by atoms with Crippen LogP contribution in [0.5, 0.6) is 0 Å². The van der Waals surface area contributed by atoms with Gasteiger partial charge in [0.2, 0.25) is 0 Å². The number of hydrogen-bond donors (Lipinski definition) is 2. The lowest BCUT2D eigenvalue weighted by Gasteiger charge is -2.28. The number of carboxylic acid groups (broad SMARTS) is 1.